The van der Waals surface area contributed by atoms with Crippen LogP contribution in [0.3, 0.4) is 0 Å². The molecule has 0 spiro atoms. The monoisotopic (exact) mass is 476 g/mol. The molecule has 0 saturated heterocycles. The first-order valence-electron chi connectivity index (χ1n) is 10.3. The number of nitrogens with zero attached hydrogens (tertiary/aromatic N) is 3. The van der Waals surface area contributed by atoms with Crippen LogP contribution in [0.2, 0.25) is 0 Å². The largest absolute Gasteiger partial charge is 0.343 e. The number of hydrogen-bond donors (Lipinski definition) is 3. The molecule has 9 nitrogen and oxygen atoms in total. The molecule has 4 rings (SSSR count). The molecule has 0 aliphatic rings. The summed E-state index contributed by atoms with van der Waals surface area (Å²) in [5, 5.41) is 6.44. The third kappa shape index (κ3) is 5.53. The quantitative estimate of drug-likeness (QED) is 0.370. The molecule has 0 aliphatic carbocycles. The van der Waals surface area contributed by atoms with Crippen molar-refractivity contribution in [2.24, 2.45) is 0 Å². The predicted octanol–water partition coefficient (Wildman–Crippen LogP) is 2.40. The van der Waals surface area contributed by atoms with E-state index in [2.05, 4.69) is 26.3 Å². The topological polar surface area (TPSA) is 118 Å². The molecule has 3 N–H and O–H groups in total. The van der Waals surface area contributed by atoms with Gasteiger partial charge >= 0.3 is 5.91 Å². The number of hydrazine groups is 1. The Morgan fingerprint density at radius 1 is 0.829 bits per heavy atom. The van der Waals surface area contributed by atoms with Gasteiger partial charge in [-0.15, -0.1) is 5.10 Å². The van der Waals surface area contributed by atoms with Crippen LogP contribution in [0.25, 0.3) is 17.1 Å². The summed E-state index contributed by atoms with van der Waals surface area (Å²) in [5.41, 5.74) is 5.28. The van der Waals surface area contributed by atoms with Crippen LogP contribution in [-0.2, 0) is 4.79 Å². The predicted molar refractivity (Wildman–Crippen MR) is 121 cm³/mol. The van der Waals surface area contributed by atoms with Crippen molar-refractivity contribution in [2.75, 3.05) is 6.54 Å². The van der Waals surface area contributed by atoms with E-state index in [1.54, 1.807) is 12.1 Å². The number of benzene rings is 3. The lowest BCUT2D eigenvalue weighted by Gasteiger charge is -2.08. The van der Waals surface area contributed by atoms with E-state index in [0.29, 0.717) is 17.6 Å². The third-order valence-electron chi connectivity index (χ3n) is 4.74. The number of halogens is 2. The first-order chi connectivity index (χ1) is 16.9. The van der Waals surface area contributed by atoms with E-state index in [1.165, 1.54) is 4.68 Å². The highest BCUT2D eigenvalue weighted by molar-refractivity contribution is 5.97. The molecule has 0 aliphatic heterocycles. The fourth-order valence-electron chi connectivity index (χ4n) is 3.09. The molecule has 3 amide bonds. The van der Waals surface area contributed by atoms with Crippen molar-refractivity contribution in [2.45, 2.75) is 0 Å². The minimum Gasteiger partial charge on any atom is -0.343 e. The third-order valence-corrected chi connectivity index (χ3v) is 4.74. The van der Waals surface area contributed by atoms with Crippen LogP contribution < -0.4 is 16.2 Å². The zero-order valence-electron chi connectivity index (χ0n) is 18.0. The van der Waals surface area contributed by atoms with Crippen LogP contribution in [0.1, 0.15) is 21.0 Å². The fourth-order valence-corrected chi connectivity index (χ4v) is 3.09. The Bertz CT molecular complexity index is 1320. The van der Waals surface area contributed by atoms with Gasteiger partial charge in [-0.1, -0.05) is 48.5 Å². The number of carbonyl (C=O) groups excluding carboxylic acids is 3. The van der Waals surface area contributed by atoms with Crippen LogP contribution in [-0.4, -0.2) is 39.0 Å². The molecular weight excluding hydrogens is 458 g/mol. The Kier molecular flexibility index (Phi) is 6.86. The van der Waals surface area contributed by atoms with Crippen molar-refractivity contribution in [3.63, 3.8) is 0 Å². The van der Waals surface area contributed by atoms with Gasteiger partial charge in [-0.25, -0.2) is 18.4 Å². The Morgan fingerprint density at radius 2 is 1.51 bits per heavy atom. The molecule has 0 atom stereocenters. The molecule has 176 valence electrons. The molecule has 0 fully saturated rings. The fraction of sp³-hybridized carbons (Fsp3) is 0.0417. The summed E-state index contributed by atoms with van der Waals surface area (Å²) in [7, 11) is 0. The van der Waals surface area contributed by atoms with E-state index in [-0.39, 0.29) is 5.82 Å². The Balaban J connectivity index is 1.41. The number of aromatic nitrogens is 3. The van der Waals surface area contributed by atoms with Crippen molar-refractivity contribution in [3.8, 4) is 17.1 Å². The lowest BCUT2D eigenvalue weighted by molar-refractivity contribution is -0.120. The van der Waals surface area contributed by atoms with E-state index in [0.717, 1.165) is 17.7 Å². The molecule has 0 radical (unpaired) electrons. The molecule has 0 bridgehead atoms. The van der Waals surface area contributed by atoms with Crippen molar-refractivity contribution >= 4 is 17.7 Å². The highest BCUT2D eigenvalue weighted by Crippen LogP contribution is 2.20. The van der Waals surface area contributed by atoms with Gasteiger partial charge in [0.2, 0.25) is 5.82 Å². The van der Waals surface area contributed by atoms with Crippen LogP contribution in [0.5, 0.6) is 0 Å². The average molecular weight is 476 g/mol. The average Bonchev–Trinajstić information content (AvgIpc) is 3.33. The van der Waals surface area contributed by atoms with Gasteiger partial charge in [0, 0.05) is 11.6 Å². The van der Waals surface area contributed by atoms with Gasteiger partial charge in [-0.3, -0.25) is 25.2 Å². The molecule has 1 heterocycles. The van der Waals surface area contributed by atoms with Crippen LogP contribution in [0, 0.1) is 11.6 Å². The minimum atomic E-state index is -1.06. The minimum absolute atomic E-state index is 0.203. The van der Waals surface area contributed by atoms with Gasteiger partial charge in [-0.05, 0) is 24.3 Å². The van der Waals surface area contributed by atoms with Crippen molar-refractivity contribution in [3.05, 3.63) is 102 Å². The SMILES string of the molecule is O=C(CNC(=O)c1ccc(F)cc1F)NNC(=O)c1nc(-c2ccccc2)n(-c2ccccc2)n1. The van der Waals surface area contributed by atoms with Gasteiger partial charge in [-0.2, -0.15) is 0 Å². The zero-order chi connectivity index (χ0) is 24.8. The molecular formula is C24H18F2N6O3. The number of rotatable bonds is 6. The highest BCUT2D eigenvalue weighted by atomic mass is 19.1. The second kappa shape index (κ2) is 10.3. The molecule has 0 saturated carbocycles. The van der Waals surface area contributed by atoms with Gasteiger partial charge in [0.05, 0.1) is 17.8 Å². The summed E-state index contributed by atoms with van der Waals surface area (Å²) in [6.07, 6.45) is 0. The number of carbonyl (C=O) groups is 3. The van der Waals surface area contributed by atoms with Crippen LogP contribution >= 0.6 is 0 Å². The molecule has 0 unspecified atom stereocenters. The van der Waals surface area contributed by atoms with Crippen molar-refractivity contribution in [1.82, 2.24) is 30.9 Å². The van der Waals surface area contributed by atoms with Crippen LogP contribution in [0.15, 0.2) is 78.9 Å². The van der Waals surface area contributed by atoms with E-state index in [4.69, 9.17) is 0 Å². The number of amides is 3. The van der Waals surface area contributed by atoms with Crippen molar-refractivity contribution in [1.29, 1.82) is 0 Å². The summed E-state index contributed by atoms with van der Waals surface area (Å²) < 4.78 is 28.1. The Labute approximate surface area is 197 Å². The standard InChI is InChI=1S/C24H18F2N6O3/c25-16-11-12-18(19(26)13-16)23(34)27-14-20(33)29-30-24(35)21-28-22(15-7-3-1-4-8-15)32(31-21)17-9-5-2-6-10-17/h1-13H,14H2,(H,27,34)(H,29,33)(H,30,35). The summed E-state index contributed by atoms with van der Waals surface area (Å²) in [6.45, 7) is -0.572. The maximum absolute atomic E-state index is 13.7. The summed E-state index contributed by atoms with van der Waals surface area (Å²) >= 11 is 0. The molecule has 35 heavy (non-hydrogen) atoms. The van der Waals surface area contributed by atoms with Gasteiger partial charge < -0.3 is 5.32 Å². The van der Waals surface area contributed by atoms with E-state index in [1.807, 2.05) is 48.5 Å². The van der Waals surface area contributed by atoms with E-state index in [9.17, 15) is 23.2 Å². The lowest BCUT2D eigenvalue weighted by atomic mass is 10.2. The van der Waals surface area contributed by atoms with E-state index < -0.39 is 41.5 Å². The number of para-hydroxylation sites is 1. The first kappa shape index (κ1) is 23.2. The Morgan fingerprint density at radius 3 is 2.20 bits per heavy atom. The maximum Gasteiger partial charge on any atom is 0.309 e. The molecule has 4 aromatic rings. The Hall–Kier alpha value is -4.93. The lowest BCUT2D eigenvalue weighted by Crippen LogP contribution is -2.46. The summed E-state index contributed by atoms with van der Waals surface area (Å²) in [6, 6.07) is 20.6. The smallest absolute Gasteiger partial charge is 0.309 e. The maximum atomic E-state index is 13.7. The highest BCUT2D eigenvalue weighted by Gasteiger charge is 2.19. The van der Waals surface area contributed by atoms with Gasteiger partial charge in [0.15, 0.2) is 5.82 Å². The number of hydrogen-bond acceptors (Lipinski definition) is 5. The zero-order valence-corrected chi connectivity index (χ0v) is 18.0. The second-order valence-corrected chi connectivity index (χ2v) is 7.18. The van der Waals surface area contributed by atoms with E-state index >= 15 is 0 Å². The second-order valence-electron chi connectivity index (χ2n) is 7.18. The van der Waals surface area contributed by atoms with Gasteiger partial charge in [0.25, 0.3) is 11.8 Å². The van der Waals surface area contributed by atoms with Gasteiger partial charge in [0.1, 0.15) is 11.6 Å². The normalized spacial score (nSPS) is 10.5. The summed E-state index contributed by atoms with van der Waals surface area (Å²) in [4.78, 5) is 40.9. The first-order valence-corrected chi connectivity index (χ1v) is 10.3. The molecule has 1 aromatic heterocycles. The number of nitrogens with one attached hydrogen (secondary N) is 3. The molecule has 3 aromatic carbocycles. The van der Waals surface area contributed by atoms with Crippen molar-refractivity contribution < 1.29 is 23.2 Å². The summed E-state index contributed by atoms with van der Waals surface area (Å²) in [5.74, 6) is -4.18. The van der Waals surface area contributed by atoms with Crippen LogP contribution in [0.4, 0.5) is 8.78 Å². The molecule has 11 heteroatoms.